The summed E-state index contributed by atoms with van der Waals surface area (Å²) in [6.07, 6.45) is 1.21. The van der Waals surface area contributed by atoms with Gasteiger partial charge in [-0.1, -0.05) is 0 Å². The fourth-order valence-electron chi connectivity index (χ4n) is 1.25. The Morgan fingerprint density at radius 2 is 2.21 bits per heavy atom. The summed E-state index contributed by atoms with van der Waals surface area (Å²) in [6.45, 7) is 0.446. The van der Waals surface area contributed by atoms with E-state index in [4.69, 9.17) is 10.5 Å². The number of ether oxygens (including phenoxy) is 1. The van der Waals surface area contributed by atoms with Gasteiger partial charge in [0.25, 0.3) is 5.91 Å². The van der Waals surface area contributed by atoms with Gasteiger partial charge in [-0.25, -0.2) is 9.37 Å². The highest BCUT2D eigenvalue weighted by molar-refractivity contribution is 5.97. The number of carbonyl (C=O) groups is 2. The first-order valence-corrected chi connectivity index (χ1v) is 5.50. The van der Waals surface area contributed by atoms with Crippen molar-refractivity contribution in [3.63, 3.8) is 0 Å². The predicted molar refractivity (Wildman–Crippen MR) is 65.8 cm³/mol. The lowest BCUT2D eigenvalue weighted by Crippen LogP contribution is -2.38. The average Bonchev–Trinajstić information content (AvgIpc) is 2.39. The van der Waals surface area contributed by atoms with E-state index in [2.05, 4.69) is 15.6 Å². The Labute approximate surface area is 109 Å². The molecule has 0 atom stereocenters. The third kappa shape index (κ3) is 4.51. The van der Waals surface area contributed by atoms with E-state index in [9.17, 15) is 14.0 Å². The molecule has 8 heteroatoms. The quantitative estimate of drug-likeness (QED) is 0.592. The summed E-state index contributed by atoms with van der Waals surface area (Å²) in [4.78, 5) is 26.4. The van der Waals surface area contributed by atoms with Gasteiger partial charge in [-0.3, -0.25) is 9.59 Å². The summed E-state index contributed by atoms with van der Waals surface area (Å²) in [7, 11) is 1.50. The summed E-state index contributed by atoms with van der Waals surface area (Å²) in [6, 6.07) is 1.18. The van der Waals surface area contributed by atoms with E-state index < -0.39 is 17.6 Å². The molecule has 0 aliphatic rings. The Balaban J connectivity index is 2.47. The van der Waals surface area contributed by atoms with Crippen LogP contribution in [0.1, 0.15) is 10.4 Å². The maximum atomic E-state index is 13.5. The standard InChI is InChI=1S/C11H15FN4O3/c1-19-5-4-14-8(17)6-16-11(18)7-2-3-15-10(13)9(7)12/h2-3H,4-6H2,1H3,(H2,13,15)(H,14,17)(H,16,18). The summed E-state index contributed by atoms with van der Waals surface area (Å²) < 4.78 is 18.2. The fourth-order valence-corrected chi connectivity index (χ4v) is 1.25. The number of nitrogen functional groups attached to an aromatic ring is 1. The second kappa shape index (κ2) is 7.27. The fraction of sp³-hybridized carbons (Fsp3) is 0.364. The number of pyridine rings is 1. The molecule has 7 nitrogen and oxygen atoms in total. The molecule has 2 amide bonds. The molecule has 0 aliphatic heterocycles. The predicted octanol–water partition coefficient (Wildman–Crippen LogP) is -0.705. The van der Waals surface area contributed by atoms with E-state index in [1.54, 1.807) is 0 Å². The lowest BCUT2D eigenvalue weighted by molar-refractivity contribution is -0.120. The second-order valence-electron chi connectivity index (χ2n) is 3.58. The number of nitrogens with one attached hydrogen (secondary N) is 2. The molecule has 0 bridgehead atoms. The molecule has 1 aromatic heterocycles. The third-order valence-corrected chi connectivity index (χ3v) is 2.20. The highest BCUT2D eigenvalue weighted by atomic mass is 19.1. The highest BCUT2D eigenvalue weighted by Crippen LogP contribution is 2.11. The molecule has 104 valence electrons. The van der Waals surface area contributed by atoms with E-state index in [1.165, 1.54) is 19.4 Å². The molecule has 0 saturated heterocycles. The lowest BCUT2D eigenvalue weighted by Gasteiger charge is -2.07. The molecular weight excluding hydrogens is 255 g/mol. The van der Waals surface area contributed by atoms with E-state index in [0.29, 0.717) is 13.2 Å². The van der Waals surface area contributed by atoms with Gasteiger partial charge in [-0.15, -0.1) is 0 Å². The first-order valence-electron chi connectivity index (χ1n) is 5.50. The van der Waals surface area contributed by atoms with Crippen molar-refractivity contribution in [1.82, 2.24) is 15.6 Å². The smallest absolute Gasteiger partial charge is 0.254 e. The van der Waals surface area contributed by atoms with Crippen molar-refractivity contribution in [2.24, 2.45) is 0 Å². The number of aromatic nitrogens is 1. The van der Waals surface area contributed by atoms with Crippen molar-refractivity contribution < 1.29 is 18.7 Å². The van der Waals surface area contributed by atoms with Crippen molar-refractivity contribution in [1.29, 1.82) is 0 Å². The van der Waals surface area contributed by atoms with Crippen LogP contribution in [0, 0.1) is 5.82 Å². The van der Waals surface area contributed by atoms with E-state index in [0.717, 1.165) is 0 Å². The molecule has 0 aliphatic carbocycles. The molecule has 1 rings (SSSR count). The number of hydrogen-bond acceptors (Lipinski definition) is 5. The molecule has 4 N–H and O–H groups in total. The maximum absolute atomic E-state index is 13.5. The van der Waals surface area contributed by atoms with Crippen molar-refractivity contribution in [2.75, 3.05) is 32.5 Å². The number of amides is 2. The number of nitrogens with two attached hydrogens (primary N) is 1. The Bertz CT molecular complexity index is 467. The molecule has 0 fully saturated rings. The first-order chi connectivity index (χ1) is 9.06. The van der Waals surface area contributed by atoms with Gasteiger partial charge in [-0.2, -0.15) is 0 Å². The zero-order valence-electron chi connectivity index (χ0n) is 10.4. The number of hydrogen-bond donors (Lipinski definition) is 3. The largest absolute Gasteiger partial charge is 0.383 e. The number of rotatable bonds is 6. The topological polar surface area (TPSA) is 106 Å². The van der Waals surface area contributed by atoms with Crippen LogP contribution in [0.2, 0.25) is 0 Å². The third-order valence-electron chi connectivity index (χ3n) is 2.20. The zero-order chi connectivity index (χ0) is 14.3. The molecule has 1 aromatic rings. The molecule has 19 heavy (non-hydrogen) atoms. The van der Waals surface area contributed by atoms with Crippen LogP contribution in [-0.4, -0.2) is 43.6 Å². The SMILES string of the molecule is COCCNC(=O)CNC(=O)c1ccnc(N)c1F. The van der Waals surface area contributed by atoms with Crippen LogP contribution in [-0.2, 0) is 9.53 Å². The van der Waals surface area contributed by atoms with Gasteiger partial charge in [0, 0.05) is 19.9 Å². The minimum absolute atomic E-state index is 0.253. The summed E-state index contributed by atoms with van der Waals surface area (Å²) in [5.74, 6) is -2.39. The highest BCUT2D eigenvalue weighted by Gasteiger charge is 2.15. The summed E-state index contributed by atoms with van der Waals surface area (Å²) in [5, 5.41) is 4.79. The number of anilines is 1. The van der Waals surface area contributed by atoms with Gasteiger partial charge < -0.3 is 21.1 Å². The van der Waals surface area contributed by atoms with Crippen molar-refractivity contribution in [2.45, 2.75) is 0 Å². The molecule has 0 radical (unpaired) electrons. The van der Waals surface area contributed by atoms with Crippen LogP contribution >= 0.6 is 0 Å². The Hall–Kier alpha value is -2.22. The molecule has 0 spiro atoms. The van der Waals surface area contributed by atoms with Crippen LogP contribution in [0.3, 0.4) is 0 Å². The second-order valence-corrected chi connectivity index (χ2v) is 3.58. The Morgan fingerprint density at radius 1 is 1.47 bits per heavy atom. The number of halogens is 1. The van der Waals surface area contributed by atoms with Crippen molar-refractivity contribution in [3.8, 4) is 0 Å². The normalized spacial score (nSPS) is 10.0. The van der Waals surface area contributed by atoms with Gasteiger partial charge in [0.05, 0.1) is 18.7 Å². The van der Waals surface area contributed by atoms with E-state index in [-0.39, 0.29) is 17.9 Å². The van der Waals surface area contributed by atoms with Crippen molar-refractivity contribution >= 4 is 17.6 Å². The molecular formula is C11H15FN4O3. The van der Waals surface area contributed by atoms with Gasteiger partial charge in [0.2, 0.25) is 5.91 Å². The van der Waals surface area contributed by atoms with Crippen LogP contribution in [0.4, 0.5) is 10.2 Å². The monoisotopic (exact) mass is 270 g/mol. The lowest BCUT2D eigenvalue weighted by atomic mass is 10.2. The van der Waals surface area contributed by atoms with Gasteiger partial charge >= 0.3 is 0 Å². The number of nitrogens with zero attached hydrogens (tertiary/aromatic N) is 1. The Kier molecular flexibility index (Phi) is 5.68. The van der Waals surface area contributed by atoms with Crippen LogP contribution in [0.15, 0.2) is 12.3 Å². The summed E-state index contributed by atoms with van der Waals surface area (Å²) >= 11 is 0. The first kappa shape index (κ1) is 14.8. The van der Waals surface area contributed by atoms with Crippen molar-refractivity contribution in [3.05, 3.63) is 23.6 Å². The van der Waals surface area contributed by atoms with Crippen LogP contribution < -0.4 is 16.4 Å². The van der Waals surface area contributed by atoms with Gasteiger partial charge in [0.1, 0.15) is 0 Å². The van der Waals surface area contributed by atoms with Gasteiger partial charge in [-0.05, 0) is 6.07 Å². The summed E-state index contributed by atoms with van der Waals surface area (Å²) in [5.41, 5.74) is 4.98. The minimum atomic E-state index is -0.903. The molecule has 0 saturated carbocycles. The number of methoxy groups -OCH3 is 1. The van der Waals surface area contributed by atoms with Crippen LogP contribution in [0.25, 0.3) is 0 Å². The Morgan fingerprint density at radius 3 is 2.89 bits per heavy atom. The number of carbonyl (C=O) groups excluding carboxylic acids is 2. The van der Waals surface area contributed by atoms with E-state index in [1.807, 2.05) is 0 Å². The van der Waals surface area contributed by atoms with Gasteiger partial charge in [0.15, 0.2) is 11.6 Å². The minimum Gasteiger partial charge on any atom is -0.383 e. The molecule has 1 heterocycles. The average molecular weight is 270 g/mol. The van der Waals surface area contributed by atoms with E-state index >= 15 is 0 Å². The van der Waals surface area contributed by atoms with Crippen LogP contribution in [0.5, 0.6) is 0 Å². The maximum Gasteiger partial charge on any atom is 0.254 e. The zero-order valence-corrected chi connectivity index (χ0v) is 10.4. The molecule has 0 aromatic carbocycles. The molecule has 0 unspecified atom stereocenters.